The van der Waals surface area contributed by atoms with Gasteiger partial charge in [0.05, 0.1) is 12.6 Å². The molecule has 4 rings (SSSR count). The Balaban J connectivity index is 1.60. The van der Waals surface area contributed by atoms with Crippen LogP contribution in [0.2, 0.25) is 0 Å². The van der Waals surface area contributed by atoms with Crippen molar-refractivity contribution in [3.05, 3.63) is 29.8 Å². The number of anilines is 2. The van der Waals surface area contributed by atoms with Crippen LogP contribution in [0.15, 0.2) is 24.3 Å². The number of alkyl halides is 1. The largest absolute Gasteiger partial charge is 0.491 e. The van der Waals surface area contributed by atoms with E-state index in [4.69, 9.17) is 19.4 Å². The van der Waals surface area contributed by atoms with Gasteiger partial charge in [0.25, 0.3) is 0 Å². The number of benzene rings is 1. The van der Waals surface area contributed by atoms with E-state index in [1.807, 2.05) is 31.2 Å². The van der Waals surface area contributed by atoms with Crippen molar-refractivity contribution < 1.29 is 19.0 Å². The molecular weight excluding hydrogens is 451 g/mol. The molecule has 0 radical (unpaired) electrons. The van der Waals surface area contributed by atoms with Gasteiger partial charge in [0.2, 0.25) is 0 Å². The first-order valence-electron chi connectivity index (χ1n) is 12.4. The maximum absolute atomic E-state index is 12.8. The highest BCUT2D eigenvalue weighted by Crippen LogP contribution is 2.30. The van der Waals surface area contributed by atoms with E-state index in [-0.39, 0.29) is 19.3 Å². The Bertz CT molecular complexity index is 951. The van der Waals surface area contributed by atoms with Crippen molar-refractivity contribution in [2.24, 2.45) is 0 Å². The van der Waals surface area contributed by atoms with Crippen LogP contribution in [-0.2, 0) is 4.74 Å². The monoisotopic (exact) mass is 488 g/mol. The number of likely N-dealkylation sites (N-methyl/N-ethyl adjacent to an activating group) is 1. The third-order valence-electron chi connectivity index (χ3n) is 6.44. The summed E-state index contributed by atoms with van der Waals surface area (Å²) in [5.74, 6) is 2.97. The Morgan fingerprint density at radius 1 is 1.26 bits per heavy atom. The molecule has 2 aliphatic rings. The van der Waals surface area contributed by atoms with Crippen LogP contribution in [0.5, 0.6) is 5.75 Å². The van der Waals surface area contributed by atoms with Gasteiger partial charge in [0.1, 0.15) is 36.8 Å². The molecular formula is C25H37FN6O3. The van der Waals surface area contributed by atoms with Crippen LogP contribution in [0.25, 0.3) is 11.4 Å². The van der Waals surface area contributed by atoms with Gasteiger partial charge in [0, 0.05) is 57.0 Å². The van der Waals surface area contributed by atoms with Crippen LogP contribution in [0.4, 0.5) is 16.0 Å². The molecule has 2 unspecified atom stereocenters. The Morgan fingerprint density at radius 3 is 2.80 bits per heavy atom. The molecule has 2 aliphatic heterocycles. The second-order valence-corrected chi connectivity index (χ2v) is 9.12. The standard InChI is InChI=1S/C25H37FN6O3/c1-18-23(28-20-6-13-34-16-20)29-24(30-25(18)32-11-9-31(8-7-26)10-12-32)19-4-3-5-22(14-19)35-17-21(33)15-27-2/h3-5,14,20-21,27,33H,6-13,15-17H2,1-2H3,(H,28,29,30). The quantitative estimate of drug-likeness (QED) is 0.437. The maximum Gasteiger partial charge on any atom is 0.164 e. The average molecular weight is 489 g/mol. The average Bonchev–Trinajstić information content (AvgIpc) is 3.38. The molecule has 0 saturated carbocycles. The number of aromatic nitrogens is 2. The third-order valence-corrected chi connectivity index (χ3v) is 6.44. The summed E-state index contributed by atoms with van der Waals surface area (Å²) in [6.07, 6.45) is 0.347. The van der Waals surface area contributed by atoms with Gasteiger partial charge in [-0.05, 0) is 32.5 Å². The third kappa shape index (κ3) is 6.78. The van der Waals surface area contributed by atoms with Gasteiger partial charge in [-0.3, -0.25) is 4.90 Å². The van der Waals surface area contributed by atoms with E-state index in [2.05, 4.69) is 20.4 Å². The number of hydrogen-bond acceptors (Lipinski definition) is 9. The molecule has 0 spiro atoms. The Labute approximate surface area is 206 Å². The van der Waals surface area contributed by atoms with Crippen molar-refractivity contribution in [2.75, 3.05) is 83.0 Å². The Morgan fingerprint density at radius 2 is 2.09 bits per heavy atom. The van der Waals surface area contributed by atoms with Gasteiger partial charge >= 0.3 is 0 Å². The van der Waals surface area contributed by atoms with Crippen LogP contribution in [0.1, 0.15) is 12.0 Å². The maximum atomic E-state index is 12.8. The second kappa shape index (κ2) is 12.4. The smallest absolute Gasteiger partial charge is 0.164 e. The van der Waals surface area contributed by atoms with Crippen molar-refractivity contribution in [3.63, 3.8) is 0 Å². The summed E-state index contributed by atoms with van der Waals surface area (Å²) in [6.45, 7) is 7.46. The minimum atomic E-state index is -0.591. The van der Waals surface area contributed by atoms with Gasteiger partial charge in [0.15, 0.2) is 5.82 Å². The summed E-state index contributed by atoms with van der Waals surface area (Å²) < 4.78 is 24.1. The van der Waals surface area contributed by atoms with Crippen molar-refractivity contribution in [1.29, 1.82) is 0 Å². The highest BCUT2D eigenvalue weighted by molar-refractivity contribution is 5.67. The molecule has 0 aliphatic carbocycles. The van der Waals surface area contributed by atoms with Crippen LogP contribution >= 0.6 is 0 Å². The lowest BCUT2D eigenvalue weighted by Gasteiger charge is -2.36. The fourth-order valence-electron chi connectivity index (χ4n) is 4.44. The van der Waals surface area contributed by atoms with E-state index in [1.165, 1.54) is 0 Å². The van der Waals surface area contributed by atoms with E-state index in [0.717, 1.165) is 62.0 Å². The highest BCUT2D eigenvalue weighted by atomic mass is 19.1. The number of nitrogens with zero attached hydrogens (tertiary/aromatic N) is 4. The molecule has 1 aromatic carbocycles. The van der Waals surface area contributed by atoms with E-state index in [0.29, 0.717) is 31.3 Å². The molecule has 2 saturated heterocycles. The Kier molecular flexibility index (Phi) is 9.08. The summed E-state index contributed by atoms with van der Waals surface area (Å²) in [7, 11) is 1.79. The first kappa shape index (κ1) is 25.6. The molecule has 3 heterocycles. The molecule has 192 valence electrons. The van der Waals surface area contributed by atoms with Gasteiger partial charge in [-0.25, -0.2) is 14.4 Å². The molecule has 2 atom stereocenters. The minimum Gasteiger partial charge on any atom is -0.491 e. The number of hydrogen-bond donors (Lipinski definition) is 3. The minimum absolute atomic E-state index is 0.196. The molecule has 3 N–H and O–H groups in total. The molecule has 2 aromatic rings. The van der Waals surface area contributed by atoms with Gasteiger partial charge < -0.3 is 30.1 Å². The zero-order valence-corrected chi connectivity index (χ0v) is 20.7. The fraction of sp³-hybridized carbons (Fsp3) is 0.600. The van der Waals surface area contributed by atoms with E-state index in [9.17, 15) is 9.50 Å². The number of nitrogens with one attached hydrogen (secondary N) is 2. The first-order chi connectivity index (χ1) is 17.1. The van der Waals surface area contributed by atoms with Gasteiger partial charge in [-0.2, -0.15) is 0 Å². The predicted molar refractivity (Wildman–Crippen MR) is 135 cm³/mol. The van der Waals surface area contributed by atoms with Gasteiger partial charge in [-0.1, -0.05) is 12.1 Å². The molecule has 2 fully saturated rings. The number of halogens is 1. The highest BCUT2D eigenvalue weighted by Gasteiger charge is 2.24. The van der Waals surface area contributed by atoms with Crippen LogP contribution in [0.3, 0.4) is 0 Å². The van der Waals surface area contributed by atoms with Gasteiger partial charge in [-0.15, -0.1) is 0 Å². The summed E-state index contributed by atoms with van der Waals surface area (Å²) in [6, 6.07) is 7.86. The van der Waals surface area contributed by atoms with E-state index < -0.39 is 6.10 Å². The molecule has 9 nitrogen and oxygen atoms in total. The number of aliphatic hydroxyl groups excluding tert-OH is 1. The lowest BCUT2D eigenvalue weighted by atomic mass is 10.1. The summed E-state index contributed by atoms with van der Waals surface area (Å²) in [5, 5.41) is 16.5. The van der Waals surface area contributed by atoms with Crippen molar-refractivity contribution >= 4 is 11.6 Å². The van der Waals surface area contributed by atoms with Crippen molar-refractivity contribution in [3.8, 4) is 17.1 Å². The zero-order valence-electron chi connectivity index (χ0n) is 20.7. The molecule has 35 heavy (non-hydrogen) atoms. The molecule has 1 aromatic heterocycles. The lowest BCUT2D eigenvalue weighted by molar-refractivity contribution is 0.108. The number of ether oxygens (including phenoxy) is 2. The summed E-state index contributed by atoms with van der Waals surface area (Å²) in [5.41, 5.74) is 1.84. The molecule has 0 amide bonds. The zero-order chi connectivity index (χ0) is 24.6. The van der Waals surface area contributed by atoms with Crippen LogP contribution in [0, 0.1) is 6.92 Å². The van der Waals surface area contributed by atoms with Crippen LogP contribution < -0.4 is 20.3 Å². The normalized spacial score (nSPS) is 19.7. The van der Waals surface area contributed by atoms with E-state index in [1.54, 1.807) is 7.05 Å². The lowest BCUT2D eigenvalue weighted by Crippen LogP contribution is -2.47. The topological polar surface area (TPSA) is 95.0 Å². The SMILES string of the molecule is CNCC(O)COc1cccc(-c2nc(NC3CCOC3)c(C)c(N3CCN(CCF)CC3)n2)c1. The predicted octanol–water partition coefficient (Wildman–Crippen LogP) is 1.70. The summed E-state index contributed by atoms with van der Waals surface area (Å²) >= 11 is 0. The number of rotatable bonds is 11. The molecule has 10 heteroatoms. The molecule has 0 bridgehead atoms. The number of piperazine rings is 1. The first-order valence-corrected chi connectivity index (χ1v) is 12.4. The fourth-order valence-corrected chi connectivity index (χ4v) is 4.44. The number of aliphatic hydroxyl groups is 1. The summed E-state index contributed by atoms with van der Waals surface area (Å²) in [4.78, 5) is 14.3. The van der Waals surface area contributed by atoms with Crippen molar-refractivity contribution in [1.82, 2.24) is 20.2 Å². The second-order valence-electron chi connectivity index (χ2n) is 9.12. The van der Waals surface area contributed by atoms with Crippen molar-refractivity contribution in [2.45, 2.75) is 25.5 Å². The van der Waals surface area contributed by atoms with Crippen LogP contribution in [-0.4, -0.2) is 105 Å². The Hall–Kier alpha value is -2.53. The van der Waals surface area contributed by atoms with E-state index >= 15 is 0 Å².